The first-order valence-corrected chi connectivity index (χ1v) is 11.4. The van der Waals surface area contributed by atoms with Gasteiger partial charge in [0.15, 0.2) is 0 Å². The first-order valence-electron chi connectivity index (χ1n) is 10.7. The number of rotatable bonds is 6. The van der Waals surface area contributed by atoms with E-state index in [4.69, 9.17) is 0 Å². The van der Waals surface area contributed by atoms with E-state index in [2.05, 4.69) is 23.7 Å². The van der Waals surface area contributed by atoms with E-state index in [1.165, 1.54) is 30.5 Å². The molecule has 1 aliphatic heterocycles. The van der Waals surface area contributed by atoms with Crippen LogP contribution in [0.2, 0.25) is 0 Å². The molecule has 1 fully saturated rings. The molecule has 0 spiro atoms. The Balaban J connectivity index is 1.75. The summed E-state index contributed by atoms with van der Waals surface area (Å²) in [7, 11) is 3.36. The molecule has 10 heteroatoms. The summed E-state index contributed by atoms with van der Waals surface area (Å²) >= 11 is -0.225. The van der Waals surface area contributed by atoms with Crippen molar-refractivity contribution in [3.8, 4) is 0 Å². The lowest BCUT2D eigenvalue weighted by Gasteiger charge is -2.46. The van der Waals surface area contributed by atoms with E-state index < -0.39 is 11.7 Å². The summed E-state index contributed by atoms with van der Waals surface area (Å²) in [5, 5.41) is 8.41. The maximum Gasteiger partial charge on any atom is 0.418 e. The van der Waals surface area contributed by atoms with Crippen molar-refractivity contribution < 1.29 is 17.1 Å². The zero-order chi connectivity index (χ0) is 24.7. The number of anilines is 1. The number of nitrogens with zero attached hydrogens (tertiary/aromatic N) is 5. The van der Waals surface area contributed by atoms with Gasteiger partial charge >= 0.3 is 6.18 Å². The maximum atomic E-state index is 13.8. The van der Waals surface area contributed by atoms with E-state index in [1.807, 2.05) is 35.9 Å². The predicted octanol–water partition coefficient (Wildman–Crippen LogP) is 6.22. The molecule has 34 heavy (non-hydrogen) atoms. The summed E-state index contributed by atoms with van der Waals surface area (Å²) in [6, 6.07) is 7.66. The summed E-state index contributed by atoms with van der Waals surface area (Å²) in [4.78, 5) is 2.69. The molecule has 0 radical (unpaired) electrons. The molecule has 1 saturated carbocycles. The highest BCUT2D eigenvalue weighted by Gasteiger charge is 2.48. The molecule has 0 bridgehead atoms. The fraction of sp³-hybridized carbons (Fsp3) is 0.333. The minimum absolute atomic E-state index is 0.115. The van der Waals surface area contributed by atoms with Gasteiger partial charge in [0.25, 0.3) is 0 Å². The molecule has 1 aromatic carbocycles. The SMILES string of the molecule is C=CN(/C=C1/C(C(F)(F)F)=CC(SF)=CN1C)c1cccc(C2(c3nncn3C)CC(C)C2)c1. The molecule has 1 aromatic heterocycles. The number of halogens is 4. The lowest BCUT2D eigenvalue weighted by molar-refractivity contribution is -0.0911. The standard InChI is InChI=1S/C24H25F4N5S/c1-5-33(14-21-20(24(25,26)27)10-19(34-28)13-31(21)3)18-8-6-7-17(9-18)23(11-16(2)12-23)22-30-29-15-32(22)4/h5-10,13-16H,1,11-12H2,2-4H3/b21-14-. The Hall–Kier alpha value is -3.01. The summed E-state index contributed by atoms with van der Waals surface area (Å²) < 4.78 is 56.3. The van der Waals surface area contributed by atoms with Gasteiger partial charge in [0, 0.05) is 38.4 Å². The Morgan fingerprint density at radius 2 is 2.00 bits per heavy atom. The van der Waals surface area contributed by atoms with E-state index in [0.29, 0.717) is 11.6 Å². The van der Waals surface area contributed by atoms with Crippen molar-refractivity contribution in [3.63, 3.8) is 0 Å². The van der Waals surface area contributed by atoms with E-state index in [1.54, 1.807) is 11.2 Å². The molecule has 0 amide bonds. The number of benzene rings is 1. The van der Waals surface area contributed by atoms with Gasteiger partial charge in [-0.05, 0) is 42.5 Å². The molecule has 2 heterocycles. The van der Waals surface area contributed by atoms with Crippen molar-refractivity contribution in [2.75, 3.05) is 11.9 Å². The number of likely N-dealkylation sites (N-methyl/N-ethyl adjacent to an activating group) is 1. The van der Waals surface area contributed by atoms with Gasteiger partial charge in [0.05, 0.1) is 33.7 Å². The summed E-state index contributed by atoms with van der Waals surface area (Å²) in [6.07, 6.45) is 3.77. The maximum absolute atomic E-state index is 13.8. The third-order valence-electron chi connectivity index (χ3n) is 6.35. The third kappa shape index (κ3) is 4.26. The number of hydrogen-bond donors (Lipinski definition) is 0. The molecular formula is C24H25F4N5S. The van der Waals surface area contributed by atoms with Gasteiger partial charge in [0.2, 0.25) is 0 Å². The molecule has 0 saturated heterocycles. The van der Waals surface area contributed by atoms with Crippen LogP contribution in [-0.4, -0.2) is 32.9 Å². The van der Waals surface area contributed by atoms with Gasteiger partial charge in [-0.2, -0.15) is 17.1 Å². The van der Waals surface area contributed by atoms with Gasteiger partial charge in [0.1, 0.15) is 12.2 Å². The van der Waals surface area contributed by atoms with Crippen molar-refractivity contribution in [3.05, 3.63) is 89.4 Å². The Morgan fingerprint density at radius 1 is 1.26 bits per heavy atom. The Kier molecular flexibility index (Phi) is 6.37. The zero-order valence-corrected chi connectivity index (χ0v) is 19.9. The Bertz CT molecular complexity index is 1170. The normalized spacial score (nSPS) is 23.9. The smallest absolute Gasteiger partial charge is 0.348 e. The number of aromatic nitrogens is 3. The lowest BCUT2D eigenvalue weighted by atomic mass is 9.58. The van der Waals surface area contributed by atoms with Crippen LogP contribution in [0, 0.1) is 5.92 Å². The molecule has 0 N–H and O–H groups in total. The lowest BCUT2D eigenvalue weighted by Crippen LogP contribution is -2.43. The van der Waals surface area contributed by atoms with Gasteiger partial charge < -0.3 is 14.4 Å². The summed E-state index contributed by atoms with van der Waals surface area (Å²) in [6.45, 7) is 5.99. The molecule has 180 valence electrons. The highest BCUT2D eigenvalue weighted by Crippen LogP contribution is 2.52. The van der Waals surface area contributed by atoms with Crippen LogP contribution in [0.4, 0.5) is 22.7 Å². The number of aryl methyl sites for hydroxylation is 1. The van der Waals surface area contributed by atoms with Crippen LogP contribution in [0.3, 0.4) is 0 Å². The van der Waals surface area contributed by atoms with Gasteiger partial charge in [-0.1, -0.05) is 25.6 Å². The molecule has 2 aromatic rings. The fourth-order valence-electron chi connectivity index (χ4n) is 4.86. The minimum Gasteiger partial charge on any atom is -0.348 e. The number of hydrogen-bond acceptors (Lipinski definition) is 5. The topological polar surface area (TPSA) is 37.2 Å². The average molecular weight is 492 g/mol. The largest absolute Gasteiger partial charge is 0.418 e. The molecule has 2 aliphatic rings. The highest BCUT2D eigenvalue weighted by molar-refractivity contribution is 7.98. The van der Waals surface area contributed by atoms with Crippen molar-refractivity contribution in [1.82, 2.24) is 19.7 Å². The number of alkyl halides is 3. The molecule has 4 rings (SSSR count). The predicted molar refractivity (Wildman–Crippen MR) is 126 cm³/mol. The fourth-order valence-corrected chi connectivity index (χ4v) is 5.22. The van der Waals surface area contributed by atoms with Crippen LogP contribution in [0.1, 0.15) is 31.2 Å². The monoisotopic (exact) mass is 491 g/mol. The minimum atomic E-state index is -4.65. The Labute approximate surface area is 200 Å². The molecule has 5 nitrogen and oxygen atoms in total. The first kappa shape index (κ1) is 24.1. The van der Waals surface area contributed by atoms with Crippen molar-refractivity contribution >= 4 is 17.8 Å². The molecule has 1 aliphatic carbocycles. The molecular weight excluding hydrogens is 466 g/mol. The van der Waals surface area contributed by atoms with E-state index in [-0.39, 0.29) is 28.2 Å². The van der Waals surface area contributed by atoms with Crippen LogP contribution >= 0.6 is 12.1 Å². The van der Waals surface area contributed by atoms with Gasteiger partial charge in [-0.15, -0.1) is 10.2 Å². The third-order valence-corrected chi connectivity index (χ3v) is 6.75. The van der Waals surface area contributed by atoms with Crippen LogP contribution in [0.5, 0.6) is 0 Å². The van der Waals surface area contributed by atoms with Crippen LogP contribution in [-0.2, 0) is 12.5 Å². The van der Waals surface area contributed by atoms with Crippen LogP contribution < -0.4 is 4.90 Å². The van der Waals surface area contributed by atoms with Crippen LogP contribution in [0.15, 0.2) is 78.0 Å². The Morgan fingerprint density at radius 3 is 2.56 bits per heavy atom. The van der Waals surface area contributed by atoms with E-state index in [0.717, 1.165) is 30.3 Å². The number of allylic oxidation sites excluding steroid dienone is 2. The zero-order valence-electron chi connectivity index (χ0n) is 19.1. The molecule has 0 unspecified atom stereocenters. The highest BCUT2D eigenvalue weighted by atomic mass is 32.2. The first-order chi connectivity index (χ1) is 16.1. The molecule has 0 atom stereocenters. The van der Waals surface area contributed by atoms with E-state index >= 15 is 0 Å². The summed E-state index contributed by atoms with van der Waals surface area (Å²) in [5.74, 6) is 1.38. The van der Waals surface area contributed by atoms with Crippen LogP contribution in [0.25, 0.3) is 0 Å². The second-order valence-corrected chi connectivity index (χ2v) is 9.42. The van der Waals surface area contributed by atoms with Gasteiger partial charge in [-0.25, -0.2) is 0 Å². The summed E-state index contributed by atoms with van der Waals surface area (Å²) in [5.41, 5.74) is 0.324. The average Bonchev–Trinajstić information content (AvgIpc) is 3.20. The van der Waals surface area contributed by atoms with E-state index in [9.17, 15) is 17.1 Å². The van der Waals surface area contributed by atoms with Crippen molar-refractivity contribution in [2.45, 2.75) is 31.4 Å². The second kappa shape index (κ2) is 8.98. The van der Waals surface area contributed by atoms with Crippen molar-refractivity contribution in [1.29, 1.82) is 0 Å². The quantitative estimate of drug-likeness (QED) is 0.449. The second-order valence-electron chi connectivity index (χ2n) is 8.79. The van der Waals surface area contributed by atoms with Gasteiger partial charge in [-0.3, -0.25) is 0 Å². The van der Waals surface area contributed by atoms with Crippen molar-refractivity contribution in [2.24, 2.45) is 13.0 Å².